The molecule has 0 radical (unpaired) electrons. The van der Waals surface area contributed by atoms with E-state index >= 15 is 0 Å². The number of carbonyl (C=O) groups excluding carboxylic acids is 2. The molecule has 0 fully saturated rings. The summed E-state index contributed by atoms with van der Waals surface area (Å²) in [4.78, 5) is 23.4. The van der Waals surface area contributed by atoms with Crippen LogP contribution in [0.5, 0.6) is 11.5 Å². The molecular weight excluding hydrogens is 312 g/mol. The SMILES string of the molecule is COc1ccc(C(=O)Nc2ccc(CC(=O)NO)cc2)cc1OC. The molecule has 0 aliphatic rings. The fourth-order valence-corrected chi connectivity index (χ4v) is 2.11. The molecule has 0 heterocycles. The average Bonchev–Trinajstić information content (AvgIpc) is 2.62. The summed E-state index contributed by atoms with van der Waals surface area (Å²) in [7, 11) is 3.02. The molecule has 2 rings (SSSR count). The van der Waals surface area contributed by atoms with E-state index in [-0.39, 0.29) is 12.3 Å². The molecule has 0 aromatic heterocycles. The van der Waals surface area contributed by atoms with Gasteiger partial charge < -0.3 is 14.8 Å². The smallest absolute Gasteiger partial charge is 0.255 e. The Balaban J connectivity index is 2.08. The predicted molar refractivity (Wildman–Crippen MR) is 87.6 cm³/mol. The molecule has 7 heteroatoms. The van der Waals surface area contributed by atoms with E-state index < -0.39 is 5.91 Å². The van der Waals surface area contributed by atoms with Crippen LogP contribution in [0.3, 0.4) is 0 Å². The van der Waals surface area contributed by atoms with E-state index in [9.17, 15) is 9.59 Å². The quantitative estimate of drug-likeness (QED) is 0.556. The molecule has 0 saturated carbocycles. The number of rotatable bonds is 6. The van der Waals surface area contributed by atoms with E-state index in [0.29, 0.717) is 28.3 Å². The summed E-state index contributed by atoms with van der Waals surface area (Å²) in [5.74, 6) is 0.213. The molecule has 0 bridgehead atoms. The van der Waals surface area contributed by atoms with E-state index in [4.69, 9.17) is 14.7 Å². The van der Waals surface area contributed by atoms with Crippen LogP contribution in [0.25, 0.3) is 0 Å². The zero-order chi connectivity index (χ0) is 17.5. The maximum Gasteiger partial charge on any atom is 0.255 e. The van der Waals surface area contributed by atoms with E-state index in [1.807, 2.05) is 0 Å². The van der Waals surface area contributed by atoms with Gasteiger partial charge in [0.05, 0.1) is 20.6 Å². The topological polar surface area (TPSA) is 96.9 Å². The highest BCUT2D eigenvalue weighted by Gasteiger charge is 2.11. The third kappa shape index (κ3) is 4.23. The van der Waals surface area contributed by atoms with Crippen molar-refractivity contribution >= 4 is 17.5 Å². The minimum absolute atomic E-state index is 0.0560. The maximum absolute atomic E-state index is 12.3. The lowest BCUT2D eigenvalue weighted by Gasteiger charge is -2.10. The zero-order valence-electron chi connectivity index (χ0n) is 13.3. The van der Waals surface area contributed by atoms with E-state index in [0.717, 1.165) is 0 Å². The van der Waals surface area contributed by atoms with E-state index in [2.05, 4.69) is 5.32 Å². The van der Waals surface area contributed by atoms with Crippen molar-refractivity contribution in [2.45, 2.75) is 6.42 Å². The lowest BCUT2D eigenvalue weighted by Crippen LogP contribution is -2.20. The van der Waals surface area contributed by atoms with Gasteiger partial charge in [0.15, 0.2) is 11.5 Å². The normalized spacial score (nSPS) is 9.96. The number of carbonyl (C=O) groups is 2. The van der Waals surface area contributed by atoms with Crippen LogP contribution in [0.4, 0.5) is 5.69 Å². The van der Waals surface area contributed by atoms with Gasteiger partial charge in [0, 0.05) is 11.3 Å². The van der Waals surface area contributed by atoms with Gasteiger partial charge in [0.2, 0.25) is 5.91 Å². The second-order valence-electron chi connectivity index (χ2n) is 4.93. The van der Waals surface area contributed by atoms with Gasteiger partial charge in [-0.05, 0) is 35.9 Å². The van der Waals surface area contributed by atoms with Crippen LogP contribution in [0.15, 0.2) is 42.5 Å². The Morgan fingerprint density at radius 1 is 1.00 bits per heavy atom. The number of amides is 2. The number of hydroxylamine groups is 1. The van der Waals surface area contributed by atoms with Crippen LogP contribution >= 0.6 is 0 Å². The molecule has 24 heavy (non-hydrogen) atoms. The summed E-state index contributed by atoms with van der Waals surface area (Å²) >= 11 is 0. The molecule has 0 atom stereocenters. The highest BCUT2D eigenvalue weighted by atomic mass is 16.5. The van der Waals surface area contributed by atoms with Gasteiger partial charge in [-0.25, -0.2) is 5.48 Å². The Morgan fingerprint density at radius 3 is 2.25 bits per heavy atom. The summed E-state index contributed by atoms with van der Waals surface area (Å²) in [5.41, 5.74) is 3.30. The minimum atomic E-state index is -0.503. The van der Waals surface area contributed by atoms with Crippen molar-refractivity contribution in [3.8, 4) is 11.5 Å². The van der Waals surface area contributed by atoms with Crippen molar-refractivity contribution in [3.05, 3.63) is 53.6 Å². The molecule has 0 aliphatic carbocycles. The van der Waals surface area contributed by atoms with Crippen molar-refractivity contribution in [1.82, 2.24) is 5.48 Å². The van der Waals surface area contributed by atoms with Crippen LogP contribution in [-0.4, -0.2) is 31.2 Å². The third-order valence-corrected chi connectivity index (χ3v) is 3.35. The van der Waals surface area contributed by atoms with Crippen LogP contribution in [-0.2, 0) is 11.2 Å². The van der Waals surface area contributed by atoms with Crippen molar-refractivity contribution < 1.29 is 24.3 Å². The number of methoxy groups -OCH3 is 2. The molecule has 7 nitrogen and oxygen atoms in total. The Labute approximate surface area is 139 Å². The highest BCUT2D eigenvalue weighted by Crippen LogP contribution is 2.27. The van der Waals surface area contributed by atoms with Crippen LogP contribution in [0, 0.1) is 0 Å². The first-order valence-corrected chi connectivity index (χ1v) is 7.12. The molecule has 0 spiro atoms. The van der Waals surface area contributed by atoms with Gasteiger partial charge in [0.1, 0.15) is 0 Å². The van der Waals surface area contributed by atoms with Gasteiger partial charge in [-0.3, -0.25) is 14.8 Å². The first kappa shape index (κ1) is 17.3. The van der Waals surface area contributed by atoms with Gasteiger partial charge in [-0.15, -0.1) is 0 Å². The lowest BCUT2D eigenvalue weighted by atomic mass is 10.1. The molecule has 2 aromatic rings. The van der Waals surface area contributed by atoms with Gasteiger partial charge >= 0.3 is 0 Å². The molecule has 0 unspecified atom stereocenters. The molecule has 126 valence electrons. The molecule has 0 saturated heterocycles. The first-order chi connectivity index (χ1) is 11.6. The number of anilines is 1. The summed E-state index contributed by atoms with van der Waals surface area (Å²) in [5, 5.41) is 11.3. The number of ether oxygens (including phenoxy) is 2. The highest BCUT2D eigenvalue weighted by molar-refractivity contribution is 6.04. The molecule has 3 N–H and O–H groups in total. The number of hydrogen-bond donors (Lipinski definition) is 3. The summed E-state index contributed by atoms with van der Waals surface area (Å²) in [6, 6.07) is 11.6. The minimum Gasteiger partial charge on any atom is -0.493 e. The maximum atomic E-state index is 12.3. The Hall–Kier alpha value is -3.06. The third-order valence-electron chi connectivity index (χ3n) is 3.35. The Bertz CT molecular complexity index is 728. The predicted octanol–water partition coefficient (Wildman–Crippen LogP) is 2.00. The summed E-state index contributed by atoms with van der Waals surface area (Å²) in [6.07, 6.45) is 0.0560. The number of nitrogens with one attached hydrogen (secondary N) is 2. The van der Waals surface area contributed by atoms with Crippen LogP contribution in [0.2, 0.25) is 0 Å². The molecule has 0 aliphatic heterocycles. The van der Waals surface area contributed by atoms with Crippen molar-refractivity contribution in [2.24, 2.45) is 0 Å². The monoisotopic (exact) mass is 330 g/mol. The van der Waals surface area contributed by atoms with E-state index in [1.54, 1.807) is 47.9 Å². The fraction of sp³-hybridized carbons (Fsp3) is 0.176. The largest absolute Gasteiger partial charge is 0.493 e. The fourth-order valence-electron chi connectivity index (χ4n) is 2.11. The van der Waals surface area contributed by atoms with Crippen molar-refractivity contribution in [3.63, 3.8) is 0 Å². The lowest BCUT2D eigenvalue weighted by molar-refractivity contribution is -0.128. The second-order valence-corrected chi connectivity index (χ2v) is 4.93. The molecular formula is C17H18N2O5. The Kier molecular flexibility index (Phi) is 5.75. The summed E-state index contributed by atoms with van der Waals surface area (Å²) in [6.45, 7) is 0. The average molecular weight is 330 g/mol. The van der Waals surface area contributed by atoms with E-state index in [1.165, 1.54) is 14.2 Å². The van der Waals surface area contributed by atoms with Crippen LogP contribution < -0.4 is 20.3 Å². The van der Waals surface area contributed by atoms with Crippen LogP contribution in [0.1, 0.15) is 15.9 Å². The van der Waals surface area contributed by atoms with Gasteiger partial charge in [0.25, 0.3) is 5.91 Å². The van der Waals surface area contributed by atoms with Gasteiger partial charge in [-0.1, -0.05) is 12.1 Å². The van der Waals surface area contributed by atoms with Crippen molar-refractivity contribution in [2.75, 3.05) is 19.5 Å². The number of hydrogen-bond acceptors (Lipinski definition) is 5. The molecule has 2 amide bonds. The standard InChI is InChI=1S/C17H18N2O5/c1-23-14-8-5-12(10-15(14)24-2)17(21)18-13-6-3-11(4-7-13)9-16(20)19-22/h3-8,10,22H,9H2,1-2H3,(H,18,21)(H,19,20). The zero-order valence-corrected chi connectivity index (χ0v) is 13.3. The molecule has 2 aromatic carbocycles. The summed E-state index contributed by atoms with van der Waals surface area (Å²) < 4.78 is 10.3. The second kappa shape index (κ2) is 7.98. The van der Waals surface area contributed by atoms with Gasteiger partial charge in [-0.2, -0.15) is 0 Å². The Morgan fingerprint density at radius 2 is 1.67 bits per heavy atom. The number of benzene rings is 2. The van der Waals surface area contributed by atoms with Crippen molar-refractivity contribution in [1.29, 1.82) is 0 Å². The first-order valence-electron chi connectivity index (χ1n) is 7.12.